The number of hydrogen-bond acceptors (Lipinski definition) is 4. The van der Waals surface area contributed by atoms with Crippen molar-refractivity contribution in [1.82, 2.24) is 4.98 Å². The highest BCUT2D eigenvalue weighted by atomic mass is 32.1. The molecule has 0 saturated carbocycles. The molecule has 0 saturated heterocycles. The molecule has 0 aliphatic heterocycles. The third-order valence-electron chi connectivity index (χ3n) is 3.67. The summed E-state index contributed by atoms with van der Waals surface area (Å²) in [5, 5.41) is 0.639. The number of fused-ring (bicyclic) bond motifs is 1. The van der Waals surface area contributed by atoms with Crippen molar-refractivity contribution in [3.8, 4) is 5.75 Å². The summed E-state index contributed by atoms with van der Waals surface area (Å²) >= 11 is 1.40. The van der Waals surface area contributed by atoms with E-state index in [1.54, 1.807) is 0 Å². The number of benzene rings is 1. The van der Waals surface area contributed by atoms with Crippen molar-refractivity contribution in [2.45, 2.75) is 38.9 Å². The topological polar surface area (TPSA) is 39.2 Å². The Hall–Kier alpha value is -1.20. The monoisotopic (exact) mass is 293 g/mol. The molecule has 1 aromatic heterocycles. The van der Waals surface area contributed by atoms with Gasteiger partial charge < -0.3 is 4.43 Å². The van der Waals surface area contributed by atoms with Gasteiger partial charge in [-0.3, -0.25) is 4.79 Å². The lowest BCUT2D eigenvalue weighted by molar-refractivity contribution is 0.112. The van der Waals surface area contributed by atoms with Gasteiger partial charge in [0.05, 0.1) is 4.70 Å². The van der Waals surface area contributed by atoms with E-state index in [1.807, 2.05) is 18.2 Å². The van der Waals surface area contributed by atoms with Gasteiger partial charge in [-0.2, -0.15) is 0 Å². The first-order valence-electron chi connectivity index (χ1n) is 6.28. The zero-order chi connectivity index (χ0) is 14.3. The Balaban J connectivity index is 2.46. The van der Waals surface area contributed by atoms with E-state index >= 15 is 0 Å². The molecule has 0 aliphatic carbocycles. The zero-order valence-electron chi connectivity index (χ0n) is 12.0. The van der Waals surface area contributed by atoms with Gasteiger partial charge in [0, 0.05) is 0 Å². The third kappa shape index (κ3) is 2.72. The molecule has 19 heavy (non-hydrogen) atoms. The maximum absolute atomic E-state index is 10.8. The number of carbonyl (C=O) groups excluding carboxylic acids is 1. The molecule has 5 heteroatoms. The molecular weight excluding hydrogens is 274 g/mol. The van der Waals surface area contributed by atoms with Crippen LogP contribution >= 0.6 is 11.3 Å². The summed E-state index contributed by atoms with van der Waals surface area (Å²) in [6, 6.07) is 5.87. The van der Waals surface area contributed by atoms with Crippen molar-refractivity contribution in [3.63, 3.8) is 0 Å². The molecule has 0 fully saturated rings. The van der Waals surface area contributed by atoms with Gasteiger partial charge in [-0.25, -0.2) is 4.98 Å². The normalized spacial score (nSPS) is 12.7. The molecule has 0 aliphatic rings. The first-order chi connectivity index (χ1) is 8.74. The van der Waals surface area contributed by atoms with E-state index in [0.717, 1.165) is 22.3 Å². The van der Waals surface area contributed by atoms with Gasteiger partial charge in [-0.1, -0.05) is 26.8 Å². The lowest BCUT2D eigenvalue weighted by Crippen LogP contribution is -2.43. The number of aldehydes is 1. The van der Waals surface area contributed by atoms with E-state index in [2.05, 4.69) is 38.8 Å². The molecule has 0 unspecified atom stereocenters. The van der Waals surface area contributed by atoms with Crippen LogP contribution in [0.1, 0.15) is 30.6 Å². The van der Waals surface area contributed by atoms with Crippen LogP contribution in [0.4, 0.5) is 0 Å². The maximum atomic E-state index is 10.8. The Morgan fingerprint density at radius 2 is 2.00 bits per heavy atom. The molecule has 0 amide bonds. The number of thiazole rings is 1. The molecule has 0 radical (unpaired) electrons. The molecule has 1 aromatic carbocycles. The zero-order valence-corrected chi connectivity index (χ0v) is 13.8. The SMILES string of the molecule is CC(C)(C)[Si](C)(C)Oc1cccc2sc(C=O)nc12. The highest BCUT2D eigenvalue weighted by molar-refractivity contribution is 7.20. The van der Waals surface area contributed by atoms with E-state index in [-0.39, 0.29) is 5.04 Å². The minimum Gasteiger partial charge on any atom is -0.542 e. The van der Waals surface area contributed by atoms with Gasteiger partial charge in [-0.05, 0) is 30.3 Å². The summed E-state index contributed by atoms with van der Waals surface area (Å²) < 4.78 is 7.30. The molecule has 102 valence electrons. The van der Waals surface area contributed by atoms with Crippen LogP contribution in [0.15, 0.2) is 18.2 Å². The number of para-hydroxylation sites is 1. The van der Waals surface area contributed by atoms with Crippen LogP contribution in [0.3, 0.4) is 0 Å². The largest absolute Gasteiger partial charge is 0.542 e. The van der Waals surface area contributed by atoms with Crippen molar-refractivity contribution in [1.29, 1.82) is 0 Å². The number of hydrogen-bond donors (Lipinski definition) is 0. The second-order valence-corrected chi connectivity index (χ2v) is 11.9. The molecular formula is C14H19NO2SSi. The Morgan fingerprint density at radius 1 is 1.32 bits per heavy atom. The van der Waals surface area contributed by atoms with Crippen LogP contribution in [-0.4, -0.2) is 19.6 Å². The van der Waals surface area contributed by atoms with Gasteiger partial charge in [0.15, 0.2) is 11.3 Å². The van der Waals surface area contributed by atoms with E-state index in [0.29, 0.717) is 5.01 Å². The van der Waals surface area contributed by atoms with E-state index in [9.17, 15) is 4.79 Å². The average Bonchev–Trinajstić information content (AvgIpc) is 2.71. The van der Waals surface area contributed by atoms with E-state index in [4.69, 9.17) is 4.43 Å². The fourth-order valence-electron chi connectivity index (χ4n) is 1.50. The molecule has 3 nitrogen and oxygen atoms in total. The fraction of sp³-hybridized carbons (Fsp3) is 0.429. The number of rotatable bonds is 3. The summed E-state index contributed by atoms with van der Waals surface area (Å²) in [7, 11) is -1.89. The van der Waals surface area contributed by atoms with Crippen molar-refractivity contribution in [3.05, 3.63) is 23.2 Å². The fourth-order valence-corrected chi connectivity index (χ4v) is 3.32. The minimum atomic E-state index is -1.89. The van der Waals surface area contributed by atoms with Gasteiger partial charge in [0.25, 0.3) is 8.32 Å². The Labute approximate surface area is 118 Å². The van der Waals surface area contributed by atoms with Crippen molar-refractivity contribution < 1.29 is 9.22 Å². The lowest BCUT2D eigenvalue weighted by atomic mass is 10.2. The molecule has 0 spiro atoms. The summed E-state index contributed by atoms with van der Waals surface area (Å²) in [4.78, 5) is 15.2. The van der Waals surface area contributed by atoms with Gasteiger partial charge in [-0.15, -0.1) is 11.3 Å². The first-order valence-corrected chi connectivity index (χ1v) is 10.0. The molecule has 0 atom stereocenters. The predicted molar refractivity (Wildman–Crippen MR) is 82.8 cm³/mol. The van der Waals surface area contributed by atoms with E-state index in [1.165, 1.54) is 11.3 Å². The van der Waals surface area contributed by atoms with Crippen LogP contribution in [0.25, 0.3) is 10.2 Å². The summed E-state index contributed by atoms with van der Waals surface area (Å²) in [5.41, 5.74) is 0.805. The standard InChI is InChI=1S/C14H19NO2SSi/c1-14(2,3)19(4,5)17-10-7-6-8-11-13(10)15-12(9-16)18-11/h6-9H,1-5H3. The van der Waals surface area contributed by atoms with E-state index < -0.39 is 8.32 Å². The first kappa shape index (κ1) is 14.2. The summed E-state index contributed by atoms with van der Waals surface area (Å²) in [5.74, 6) is 0.799. The third-order valence-corrected chi connectivity index (χ3v) is 8.96. The second-order valence-electron chi connectivity index (χ2n) is 6.14. The van der Waals surface area contributed by atoms with Crippen molar-refractivity contribution >= 4 is 36.2 Å². The van der Waals surface area contributed by atoms with Crippen LogP contribution in [0.5, 0.6) is 5.75 Å². The van der Waals surface area contributed by atoms with Gasteiger partial charge in [0.1, 0.15) is 11.3 Å². The number of aromatic nitrogens is 1. The quantitative estimate of drug-likeness (QED) is 0.618. The molecule has 0 bridgehead atoms. The second kappa shape index (κ2) is 4.72. The van der Waals surface area contributed by atoms with Crippen molar-refractivity contribution in [2.24, 2.45) is 0 Å². The Kier molecular flexibility index (Phi) is 3.53. The molecule has 0 N–H and O–H groups in total. The van der Waals surface area contributed by atoms with Crippen molar-refractivity contribution in [2.75, 3.05) is 0 Å². The van der Waals surface area contributed by atoms with Gasteiger partial charge >= 0.3 is 0 Å². The van der Waals surface area contributed by atoms with Crippen LogP contribution in [-0.2, 0) is 0 Å². The Bertz CT molecular complexity index is 613. The van der Waals surface area contributed by atoms with Crippen LogP contribution in [0, 0.1) is 0 Å². The highest BCUT2D eigenvalue weighted by Gasteiger charge is 2.39. The van der Waals surface area contributed by atoms with Gasteiger partial charge in [0.2, 0.25) is 0 Å². The van der Waals surface area contributed by atoms with Crippen LogP contribution in [0.2, 0.25) is 18.1 Å². The molecule has 2 aromatic rings. The molecule has 1 heterocycles. The average molecular weight is 293 g/mol. The van der Waals surface area contributed by atoms with Crippen LogP contribution < -0.4 is 4.43 Å². The molecule has 2 rings (SSSR count). The smallest absolute Gasteiger partial charge is 0.250 e. The summed E-state index contributed by atoms with van der Waals surface area (Å²) in [6.45, 7) is 11.0. The lowest BCUT2D eigenvalue weighted by Gasteiger charge is -2.36. The predicted octanol–water partition coefficient (Wildman–Crippen LogP) is 4.49. The highest BCUT2D eigenvalue weighted by Crippen LogP contribution is 2.39. The summed E-state index contributed by atoms with van der Waals surface area (Å²) in [6.07, 6.45) is 0.792. The maximum Gasteiger partial charge on any atom is 0.250 e. The number of carbonyl (C=O) groups is 1. The Morgan fingerprint density at radius 3 is 2.58 bits per heavy atom. The minimum absolute atomic E-state index is 0.138. The number of nitrogens with zero attached hydrogens (tertiary/aromatic N) is 1.